The van der Waals surface area contributed by atoms with Crippen LogP contribution in [0.25, 0.3) is 5.70 Å². The van der Waals surface area contributed by atoms with Crippen molar-refractivity contribution in [3.63, 3.8) is 0 Å². The first-order valence-corrected chi connectivity index (χ1v) is 9.23. The van der Waals surface area contributed by atoms with Crippen molar-refractivity contribution in [1.29, 1.82) is 0 Å². The normalized spacial score (nSPS) is 33.1. The number of hydrogen-bond acceptors (Lipinski definition) is 3. The molecular formula is C18H24N2S. The third-order valence-corrected chi connectivity index (χ3v) is 6.36. The molecule has 3 heteroatoms. The van der Waals surface area contributed by atoms with Crippen molar-refractivity contribution in [1.82, 2.24) is 9.80 Å². The van der Waals surface area contributed by atoms with Crippen LogP contribution < -0.4 is 0 Å². The van der Waals surface area contributed by atoms with Crippen LogP contribution in [0.5, 0.6) is 0 Å². The van der Waals surface area contributed by atoms with Gasteiger partial charge in [0.05, 0.1) is 11.6 Å². The van der Waals surface area contributed by atoms with E-state index in [9.17, 15) is 0 Å². The smallest absolute Gasteiger partial charge is 0.0684 e. The Kier molecular flexibility index (Phi) is 3.72. The van der Waals surface area contributed by atoms with Gasteiger partial charge in [-0.05, 0) is 43.7 Å². The van der Waals surface area contributed by atoms with Gasteiger partial charge in [0, 0.05) is 18.1 Å². The van der Waals surface area contributed by atoms with E-state index in [1.54, 1.807) is 0 Å². The molecule has 3 aliphatic rings. The first-order valence-electron chi connectivity index (χ1n) is 8.18. The summed E-state index contributed by atoms with van der Waals surface area (Å²) in [5.74, 6) is 1.14. The van der Waals surface area contributed by atoms with Crippen molar-refractivity contribution in [2.45, 2.75) is 50.2 Å². The highest BCUT2D eigenvalue weighted by atomic mass is 32.2. The maximum absolute atomic E-state index is 2.68. The van der Waals surface area contributed by atoms with Crippen molar-refractivity contribution in [2.24, 2.45) is 0 Å². The molecule has 0 amide bonds. The van der Waals surface area contributed by atoms with Crippen LogP contribution in [0.1, 0.15) is 37.7 Å². The van der Waals surface area contributed by atoms with Gasteiger partial charge in [-0.2, -0.15) is 0 Å². The molecule has 1 aromatic carbocycles. The predicted molar refractivity (Wildman–Crippen MR) is 90.9 cm³/mol. The topological polar surface area (TPSA) is 6.48 Å². The Balaban J connectivity index is 1.55. The number of thioether (sulfide) groups is 1. The third kappa shape index (κ3) is 2.51. The van der Waals surface area contributed by atoms with E-state index < -0.39 is 0 Å². The molecule has 21 heavy (non-hydrogen) atoms. The summed E-state index contributed by atoms with van der Waals surface area (Å²) < 4.78 is 0. The lowest BCUT2D eigenvalue weighted by Crippen LogP contribution is -2.54. The monoisotopic (exact) mass is 300 g/mol. The van der Waals surface area contributed by atoms with Gasteiger partial charge >= 0.3 is 0 Å². The van der Waals surface area contributed by atoms with Crippen molar-refractivity contribution in [3.05, 3.63) is 41.3 Å². The van der Waals surface area contributed by atoms with E-state index in [0.717, 1.165) is 24.0 Å². The Morgan fingerprint density at radius 1 is 1.00 bits per heavy atom. The highest BCUT2D eigenvalue weighted by Crippen LogP contribution is 2.40. The van der Waals surface area contributed by atoms with Crippen molar-refractivity contribution < 1.29 is 0 Å². The van der Waals surface area contributed by atoms with E-state index in [1.165, 1.54) is 43.4 Å². The Hall–Kier alpha value is -0.930. The molecular weight excluding hydrogens is 276 g/mol. The second-order valence-corrected chi connectivity index (χ2v) is 7.49. The van der Waals surface area contributed by atoms with Crippen LogP contribution >= 0.6 is 11.8 Å². The average molecular weight is 300 g/mol. The van der Waals surface area contributed by atoms with Gasteiger partial charge in [-0.1, -0.05) is 36.8 Å². The lowest BCUT2D eigenvalue weighted by atomic mass is 9.81. The summed E-state index contributed by atoms with van der Waals surface area (Å²) >= 11 is 1.96. The highest BCUT2D eigenvalue weighted by Gasteiger charge is 2.39. The summed E-state index contributed by atoms with van der Waals surface area (Å²) in [4.78, 5) is 5.34. The van der Waals surface area contributed by atoms with Gasteiger partial charge in [0.15, 0.2) is 0 Å². The van der Waals surface area contributed by atoms with Gasteiger partial charge in [-0.3, -0.25) is 0 Å². The first kappa shape index (κ1) is 13.7. The average Bonchev–Trinajstić information content (AvgIpc) is 2.97. The molecule has 2 bridgehead atoms. The van der Waals surface area contributed by atoms with Gasteiger partial charge in [0.2, 0.25) is 0 Å². The maximum atomic E-state index is 2.68. The molecule has 0 saturated carbocycles. The SMILES string of the molecule is CN1C2CCCC1CC(N1CSC=C1c1ccccc1)C2. The zero-order valence-electron chi connectivity index (χ0n) is 12.7. The van der Waals surface area contributed by atoms with E-state index >= 15 is 0 Å². The van der Waals surface area contributed by atoms with E-state index in [4.69, 9.17) is 0 Å². The summed E-state index contributed by atoms with van der Waals surface area (Å²) in [5, 5.41) is 2.36. The fourth-order valence-electron chi connectivity index (χ4n) is 4.32. The third-order valence-electron chi connectivity index (χ3n) is 5.54. The number of hydrogen-bond donors (Lipinski definition) is 0. The van der Waals surface area contributed by atoms with E-state index in [0.29, 0.717) is 0 Å². The Morgan fingerprint density at radius 3 is 2.43 bits per heavy atom. The van der Waals surface area contributed by atoms with Crippen LogP contribution in [0.3, 0.4) is 0 Å². The van der Waals surface area contributed by atoms with Crippen LogP contribution in [-0.4, -0.2) is 40.8 Å². The van der Waals surface area contributed by atoms with Gasteiger partial charge in [0.25, 0.3) is 0 Å². The maximum Gasteiger partial charge on any atom is 0.0684 e. The van der Waals surface area contributed by atoms with Gasteiger partial charge in [-0.15, -0.1) is 11.8 Å². The van der Waals surface area contributed by atoms with Crippen LogP contribution in [0.4, 0.5) is 0 Å². The molecule has 112 valence electrons. The van der Waals surface area contributed by atoms with Crippen molar-refractivity contribution >= 4 is 17.5 Å². The van der Waals surface area contributed by atoms with E-state index in [1.807, 2.05) is 11.8 Å². The molecule has 0 radical (unpaired) electrons. The van der Waals surface area contributed by atoms with Crippen LogP contribution in [0, 0.1) is 0 Å². The molecule has 0 aliphatic carbocycles. The standard InChI is InChI=1S/C18H24N2S/c1-19-15-8-5-9-16(19)11-17(10-15)20-13-21-12-18(20)14-6-3-2-4-7-14/h2-4,6-7,12,15-17H,5,8-11,13H2,1H3. The molecule has 1 aromatic rings. The van der Waals surface area contributed by atoms with Gasteiger partial charge in [-0.25, -0.2) is 0 Å². The predicted octanol–water partition coefficient (Wildman–Crippen LogP) is 4.01. The van der Waals surface area contributed by atoms with Crippen LogP contribution in [0.15, 0.2) is 35.7 Å². The minimum Gasteiger partial charge on any atom is -0.358 e. The van der Waals surface area contributed by atoms with Crippen LogP contribution in [-0.2, 0) is 0 Å². The first-order chi connectivity index (χ1) is 10.3. The van der Waals surface area contributed by atoms with Crippen molar-refractivity contribution in [2.75, 3.05) is 12.9 Å². The lowest BCUT2D eigenvalue weighted by molar-refractivity contribution is 0.0293. The Bertz CT molecular complexity index is 513. The number of rotatable bonds is 2. The fraction of sp³-hybridized carbons (Fsp3) is 0.556. The second-order valence-electron chi connectivity index (χ2n) is 6.66. The number of nitrogens with zero attached hydrogens (tertiary/aromatic N) is 2. The molecule has 4 rings (SSSR count). The quantitative estimate of drug-likeness (QED) is 0.815. The molecule has 2 nitrogen and oxygen atoms in total. The summed E-state index contributed by atoms with van der Waals surface area (Å²) in [7, 11) is 2.34. The summed E-state index contributed by atoms with van der Waals surface area (Å²) in [5.41, 5.74) is 2.83. The van der Waals surface area contributed by atoms with E-state index in [2.05, 4.69) is 52.6 Å². The number of piperidine rings is 2. The largest absolute Gasteiger partial charge is 0.358 e. The lowest BCUT2D eigenvalue weighted by Gasteiger charge is -2.49. The second kappa shape index (κ2) is 5.69. The molecule has 0 spiro atoms. The van der Waals surface area contributed by atoms with Gasteiger partial charge < -0.3 is 9.80 Å². The molecule has 3 aliphatic heterocycles. The summed E-state index contributed by atoms with van der Waals surface area (Å²) in [6.45, 7) is 0. The zero-order chi connectivity index (χ0) is 14.2. The summed E-state index contributed by atoms with van der Waals surface area (Å²) in [6.07, 6.45) is 6.92. The minimum atomic E-state index is 0.734. The van der Waals surface area contributed by atoms with Crippen molar-refractivity contribution in [3.8, 4) is 0 Å². The number of benzene rings is 1. The zero-order valence-corrected chi connectivity index (χ0v) is 13.6. The molecule has 2 fully saturated rings. The molecule has 2 atom stereocenters. The fourth-order valence-corrected chi connectivity index (χ4v) is 5.33. The Labute approximate surface area is 132 Å². The van der Waals surface area contributed by atoms with Gasteiger partial charge in [0.1, 0.15) is 0 Å². The minimum absolute atomic E-state index is 0.734. The van der Waals surface area contributed by atoms with Crippen LogP contribution in [0.2, 0.25) is 0 Å². The summed E-state index contributed by atoms with van der Waals surface area (Å²) in [6, 6.07) is 13.3. The Morgan fingerprint density at radius 2 is 1.71 bits per heavy atom. The molecule has 0 N–H and O–H groups in total. The molecule has 0 aromatic heterocycles. The molecule has 2 saturated heterocycles. The molecule has 2 unspecified atom stereocenters. The highest BCUT2D eigenvalue weighted by molar-refractivity contribution is 8.02. The molecule has 3 heterocycles. The van der Waals surface area contributed by atoms with E-state index in [-0.39, 0.29) is 0 Å². The number of fused-ring (bicyclic) bond motifs is 2.